The highest BCUT2D eigenvalue weighted by Gasteiger charge is 2.19. The van der Waals surface area contributed by atoms with Gasteiger partial charge in [0.1, 0.15) is 0 Å². The second-order valence-electron chi connectivity index (χ2n) is 6.03. The molecule has 0 bridgehead atoms. The Morgan fingerprint density at radius 3 is 2.33 bits per heavy atom. The van der Waals surface area contributed by atoms with Gasteiger partial charge in [0.25, 0.3) is 0 Å². The van der Waals surface area contributed by atoms with Gasteiger partial charge in [0.2, 0.25) is 0 Å². The Balaban J connectivity index is 2.52. The van der Waals surface area contributed by atoms with Gasteiger partial charge in [0.05, 0.1) is 0 Å². The van der Waals surface area contributed by atoms with Crippen LogP contribution in [0, 0.1) is 12.3 Å². The zero-order valence-corrected chi connectivity index (χ0v) is 12.6. The van der Waals surface area contributed by atoms with Gasteiger partial charge in [-0.2, -0.15) is 0 Å². The molecule has 0 aliphatic carbocycles. The van der Waals surface area contributed by atoms with Crippen molar-refractivity contribution in [2.75, 3.05) is 31.6 Å². The average molecular weight is 248 g/mol. The first kappa shape index (κ1) is 15.0. The van der Waals surface area contributed by atoms with E-state index in [0.29, 0.717) is 0 Å². The number of nitrogens with one attached hydrogen (secondary N) is 1. The molecule has 0 amide bonds. The first-order chi connectivity index (χ1) is 8.44. The van der Waals surface area contributed by atoms with Gasteiger partial charge >= 0.3 is 0 Å². The molecule has 1 rings (SSSR count). The molecule has 0 aromatic heterocycles. The van der Waals surface area contributed by atoms with Crippen molar-refractivity contribution < 1.29 is 0 Å². The maximum absolute atomic E-state index is 3.51. The number of hydrogen-bond acceptors (Lipinski definition) is 2. The maximum Gasteiger partial charge on any atom is 0.0363 e. The van der Waals surface area contributed by atoms with Gasteiger partial charge in [-0.1, -0.05) is 38.5 Å². The second kappa shape index (κ2) is 6.79. The highest BCUT2D eigenvalue weighted by Crippen LogP contribution is 2.20. The van der Waals surface area contributed by atoms with Crippen LogP contribution in [-0.4, -0.2) is 26.7 Å². The topological polar surface area (TPSA) is 15.3 Å². The van der Waals surface area contributed by atoms with E-state index in [4.69, 9.17) is 0 Å². The third kappa shape index (κ3) is 5.09. The van der Waals surface area contributed by atoms with E-state index in [-0.39, 0.29) is 5.41 Å². The van der Waals surface area contributed by atoms with E-state index in [1.165, 1.54) is 17.7 Å². The predicted octanol–water partition coefficient (Wildman–Crippen LogP) is 3.46. The van der Waals surface area contributed by atoms with Crippen molar-refractivity contribution in [1.29, 1.82) is 0 Å². The van der Waals surface area contributed by atoms with Crippen molar-refractivity contribution in [3.05, 3.63) is 29.8 Å². The van der Waals surface area contributed by atoms with E-state index < -0.39 is 0 Å². The van der Waals surface area contributed by atoms with E-state index >= 15 is 0 Å². The second-order valence-corrected chi connectivity index (χ2v) is 6.03. The largest absolute Gasteiger partial charge is 0.374 e. The molecule has 2 heteroatoms. The van der Waals surface area contributed by atoms with Crippen molar-refractivity contribution in [3.63, 3.8) is 0 Å². The molecule has 0 aliphatic heterocycles. The molecule has 0 atom stereocenters. The molecule has 102 valence electrons. The number of aryl methyl sites for hydroxylation is 1. The maximum atomic E-state index is 3.51. The lowest BCUT2D eigenvalue weighted by molar-refractivity contribution is 0.347. The minimum absolute atomic E-state index is 0.287. The molecule has 1 aromatic carbocycles. The Hall–Kier alpha value is -1.02. The summed E-state index contributed by atoms with van der Waals surface area (Å²) in [5, 5.41) is 3.51. The molecule has 2 nitrogen and oxygen atoms in total. The minimum atomic E-state index is 0.287. The van der Waals surface area contributed by atoms with Crippen LogP contribution in [0.25, 0.3) is 0 Å². The highest BCUT2D eigenvalue weighted by molar-refractivity contribution is 5.46. The molecule has 1 N–H and O–H groups in total. The molecule has 0 saturated carbocycles. The number of nitrogens with zero attached hydrogens (tertiary/aromatic N) is 1. The molecule has 0 unspecified atom stereocenters. The zero-order valence-electron chi connectivity index (χ0n) is 12.6. The van der Waals surface area contributed by atoms with Crippen LogP contribution >= 0.6 is 0 Å². The number of rotatable bonds is 7. The lowest BCUT2D eigenvalue weighted by Gasteiger charge is -2.32. The Labute approximate surface area is 112 Å². The highest BCUT2D eigenvalue weighted by atomic mass is 15.1. The summed E-state index contributed by atoms with van der Waals surface area (Å²) in [5.74, 6) is 0. The summed E-state index contributed by atoms with van der Waals surface area (Å²) in [6, 6.07) is 8.75. The van der Waals surface area contributed by atoms with E-state index in [1.54, 1.807) is 0 Å². The lowest BCUT2D eigenvalue weighted by Crippen LogP contribution is -2.39. The van der Waals surface area contributed by atoms with Crippen LogP contribution in [0.3, 0.4) is 0 Å². The first-order valence-electron chi connectivity index (χ1n) is 6.93. The van der Waals surface area contributed by atoms with Crippen LogP contribution in [0.2, 0.25) is 0 Å². The Bertz CT molecular complexity index is 341. The summed E-state index contributed by atoms with van der Waals surface area (Å²) in [4.78, 5) is 2.34. The van der Waals surface area contributed by atoms with E-state index in [1.807, 2.05) is 0 Å². The summed E-state index contributed by atoms with van der Waals surface area (Å²) >= 11 is 0. The van der Waals surface area contributed by atoms with Crippen LogP contribution in [0.1, 0.15) is 32.8 Å². The number of anilines is 1. The van der Waals surface area contributed by atoms with Crippen LogP contribution in [-0.2, 0) is 0 Å². The fraction of sp³-hybridized carbons (Fsp3) is 0.625. The molecule has 0 heterocycles. The van der Waals surface area contributed by atoms with Gasteiger partial charge < -0.3 is 10.2 Å². The summed E-state index contributed by atoms with van der Waals surface area (Å²) in [5.41, 5.74) is 2.90. The van der Waals surface area contributed by atoms with Crippen molar-refractivity contribution in [1.82, 2.24) is 5.32 Å². The molecule has 1 aromatic rings. The SMILES string of the molecule is CCCNCC(C)(C)CN(C)c1ccc(C)cc1. The molecular weight excluding hydrogens is 220 g/mol. The first-order valence-corrected chi connectivity index (χ1v) is 6.93. The molecule has 0 aliphatic rings. The van der Waals surface area contributed by atoms with E-state index in [9.17, 15) is 0 Å². The third-order valence-electron chi connectivity index (χ3n) is 3.17. The standard InChI is InChI=1S/C16H28N2/c1-6-11-17-12-16(3,4)13-18(5)15-9-7-14(2)8-10-15/h7-10,17H,6,11-13H2,1-5H3. The molecule has 0 fully saturated rings. The van der Waals surface area contributed by atoms with Crippen LogP contribution in [0.5, 0.6) is 0 Å². The monoisotopic (exact) mass is 248 g/mol. The Kier molecular flexibility index (Phi) is 5.67. The van der Waals surface area contributed by atoms with Crippen molar-refractivity contribution in [2.24, 2.45) is 5.41 Å². The van der Waals surface area contributed by atoms with Gasteiger partial charge in [-0.25, -0.2) is 0 Å². The lowest BCUT2D eigenvalue weighted by atomic mass is 9.92. The Morgan fingerprint density at radius 1 is 1.17 bits per heavy atom. The molecule has 18 heavy (non-hydrogen) atoms. The van der Waals surface area contributed by atoms with Crippen LogP contribution in [0.4, 0.5) is 5.69 Å². The zero-order chi connectivity index (χ0) is 13.6. The normalized spacial score (nSPS) is 11.6. The van der Waals surface area contributed by atoms with Gasteiger partial charge in [0, 0.05) is 25.8 Å². The number of benzene rings is 1. The molecule has 0 spiro atoms. The van der Waals surface area contributed by atoms with Crippen molar-refractivity contribution in [2.45, 2.75) is 34.1 Å². The molecular formula is C16H28N2. The molecule has 0 radical (unpaired) electrons. The smallest absolute Gasteiger partial charge is 0.0363 e. The fourth-order valence-electron chi connectivity index (χ4n) is 2.19. The van der Waals surface area contributed by atoms with E-state index in [0.717, 1.165) is 19.6 Å². The van der Waals surface area contributed by atoms with Gasteiger partial charge in [-0.15, -0.1) is 0 Å². The minimum Gasteiger partial charge on any atom is -0.374 e. The van der Waals surface area contributed by atoms with Crippen LogP contribution in [0.15, 0.2) is 24.3 Å². The van der Waals surface area contributed by atoms with E-state index in [2.05, 4.69) is 69.2 Å². The van der Waals surface area contributed by atoms with Gasteiger partial charge in [0.15, 0.2) is 0 Å². The van der Waals surface area contributed by atoms with Crippen molar-refractivity contribution in [3.8, 4) is 0 Å². The summed E-state index contributed by atoms with van der Waals surface area (Å²) in [6.45, 7) is 12.2. The summed E-state index contributed by atoms with van der Waals surface area (Å²) in [6.07, 6.45) is 1.20. The number of hydrogen-bond donors (Lipinski definition) is 1. The van der Waals surface area contributed by atoms with Crippen LogP contribution < -0.4 is 10.2 Å². The fourth-order valence-corrected chi connectivity index (χ4v) is 2.19. The molecule has 0 saturated heterocycles. The predicted molar refractivity (Wildman–Crippen MR) is 81.4 cm³/mol. The summed E-state index contributed by atoms with van der Waals surface area (Å²) < 4.78 is 0. The Morgan fingerprint density at radius 2 is 1.78 bits per heavy atom. The van der Waals surface area contributed by atoms with Gasteiger partial charge in [-0.05, 0) is 37.4 Å². The van der Waals surface area contributed by atoms with Crippen molar-refractivity contribution >= 4 is 5.69 Å². The average Bonchev–Trinajstić information content (AvgIpc) is 2.29. The third-order valence-corrected chi connectivity index (χ3v) is 3.17. The van der Waals surface area contributed by atoms with Gasteiger partial charge in [-0.3, -0.25) is 0 Å². The summed E-state index contributed by atoms with van der Waals surface area (Å²) in [7, 11) is 2.17. The quantitative estimate of drug-likeness (QED) is 0.743.